The van der Waals surface area contributed by atoms with Crippen LogP contribution in [0, 0.1) is 11.1 Å². The monoisotopic (exact) mass is 580 g/mol. The Balaban J connectivity index is 0.000000327. The van der Waals surface area contributed by atoms with Crippen LogP contribution in [0.1, 0.15) is 47.4 Å². The van der Waals surface area contributed by atoms with E-state index < -0.39 is 18.7 Å². The lowest BCUT2D eigenvalue weighted by atomic mass is 10.0. The molecule has 8 nitrogen and oxygen atoms in total. The van der Waals surface area contributed by atoms with Crippen molar-refractivity contribution in [2.45, 2.75) is 38.9 Å². The Morgan fingerprint density at radius 3 is 2.38 bits per heavy atom. The fourth-order valence-corrected chi connectivity index (χ4v) is 4.38. The molecule has 1 saturated carbocycles. The number of alkyl halides is 2. The number of pyridine rings is 1. The van der Waals surface area contributed by atoms with Crippen LogP contribution in [-0.2, 0) is 16.0 Å². The molecule has 39 heavy (non-hydrogen) atoms. The summed E-state index contributed by atoms with van der Waals surface area (Å²) in [7, 11) is 0. The summed E-state index contributed by atoms with van der Waals surface area (Å²) in [5, 5.41) is 14.3. The van der Waals surface area contributed by atoms with Gasteiger partial charge in [0.2, 0.25) is 0 Å². The molecule has 2 aliphatic rings. The van der Waals surface area contributed by atoms with Gasteiger partial charge in [0.15, 0.2) is 23.9 Å². The molecule has 2 heterocycles. The highest BCUT2D eigenvalue weighted by Crippen LogP contribution is 2.37. The van der Waals surface area contributed by atoms with E-state index in [1.54, 1.807) is 0 Å². The molecule has 0 spiro atoms. The molecule has 3 aromatic rings. The number of hydrogen-bond acceptors (Lipinski definition) is 6. The Morgan fingerprint density at radius 1 is 1.13 bits per heavy atom. The van der Waals surface area contributed by atoms with Gasteiger partial charge >= 0.3 is 12.6 Å². The van der Waals surface area contributed by atoms with Crippen molar-refractivity contribution < 1.29 is 37.3 Å². The topological polar surface area (TPSA) is 101 Å². The van der Waals surface area contributed by atoms with Crippen LogP contribution < -0.4 is 19.5 Å². The molecular weight excluding hydrogens is 557 g/mol. The van der Waals surface area contributed by atoms with E-state index in [0.717, 1.165) is 36.5 Å². The Bertz CT molecular complexity index is 1350. The highest BCUT2D eigenvalue weighted by molar-refractivity contribution is 6.35. The van der Waals surface area contributed by atoms with Crippen LogP contribution in [0.15, 0.2) is 54.9 Å². The number of carbonyl (C=O) groups excluding carboxylic acids is 2. The molecule has 1 fully saturated rings. The van der Waals surface area contributed by atoms with Crippen molar-refractivity contribution in [1.29, 1.82) is 0 Å². The lowest BCUT2D eigenvalue weighted by molar-refractivity contribution is -0.605. The molecule has 0 saturated heterocycles. The number of rotatable bonds is 9. The van der Waals surface area contributed by atoms with E-state index in [4.69, 9.17) is 32.7 Å². The Kier molecular flexibility index (Phi) is 9.08. The van der Waals surface area contributed by atoms with Gasteiger partial charge in [0.25, 0.3) is 5.91 Å². The van der Waals surface area contributed by atoms with Gasteiger partial charge in [-0.05, 0) is 48.6 Å². The van der Waals surface area contributed by atoms with Crippen molar-refractivity contribution in [2.75, 3.05) is 11.9 Å². The molecule has 1 unspecified atom stereocenters. The molecule has 5 rings (SSSR count). The van der Waals surface area contributed by atoms with Crippen molar-refractivity contribution in [3.05, 3.63) is 86.8 Å². The molecule has 0 bridgehead atoms. The predicted molar refractivity (Wildman–Crippen MR) is 139 cm³/mol. The Hall–Kier alpha value is -3.63. The van der Waals surface area contributed by atoms with Crippen LogP contribution >= 0.6 is 23.2 Å². The minimum absolute atomic E-state index is 0.0330. The number of anilines is 1. The average molecular weight is 581 g/mol. The van der Waals surface area contributed by atoms with Gasteiger partial charge in [-0.3, -0.25) is 9.59 Å². The highest BCUT2D eigenvalue weighted by Gasteiger charge is 2.26. The highest BCUT2D eigenvalue weighted by atomic mass is 35.5. The maximum Gasteiger partial charge on any atom is 0.387 e. The fourth-order valence-electron chi connectivity index (χ4n) is 3.78. The predicted octanol–water partition coefficient (Wildman–Crippen LogP) is 6.12. The number of ether oxygens (including phenoxy) is 3. The molecule has 2 aromatic carbocycles. The number of carbonyl (C=O) groups is 2. The average Bonchev–Trinajstić information content (AvgIpc) is 3.69. The van der Waals surface area contributed by atoms with E-state index in [-0.39, 0.29) is 33.9 Å². The maximum absolute atomic E-state index is 12.7. The summed E-state index contributed by atoms with van der Waals surface area (Å²) in [5.41, 5.74) is 2.63. The number of halogens is 4. The second-order valence-corrected chi connectivity index (χ2v) is 9.75. The van der Waals surface area contributed by atoms with Crippen molar-refractivity contribution in [1.82, 2.24) is 0 Å². The molecule has 1 atom stereocenters. The van der Waals surface area contributed by atoms with Crippen molar-refractivity contribution in [3.63, 3.8) is 0 Å². The minimum atomic E-state index is -3.01. The summed E-state index contributed by atoms with van der Waals surface area (Å²) in [5.74, 6) is -0.127. The molecule has 1 aliphatic heterocycles. The molecule has 206 valence electrons. The van der Waals surface area contributed by atoms with Gasteiger partial charge < -0.3 is 24.7 Å². The van der Waals surface area contributed by atoms with E-state index in [1.807, 2.05) is 24.3 Å². The fraction of sp³-hybridized carbons (Fsp3) is 0.296. The van der Waals surface area contributed by atoms with Crippen molar-refractivity contribution >= 4 is 40.8 Å². The first-order chi connectivity index (χ1) is 18.6. The first-order valence-electron chi connectivity index (χ1n) is 12.0. The van der Waals surface area contributed by atoms with Crippen LogP contribution in [0.4, 0.5) is 14.5 Å². The third kappa shape index (κ3) is 7.70. The van der Waals surface area contributed by atoms with E-state index >= 15 is 0 Å². The Morgan fingerprint density at radius 2 is 1.82 bits per heavy atom. The normalized spacial score (nSPS) is 14.3. The molecular formula is C27H24Cl2F2N2O6. The summed E-state index contributed by atoms with van der Waals surface area (Å²) in [4.78, 5) is 22.3. The van der Waals surface area contributed by atoms with Gasteiger partial charge in [-0.15, -0.1) is 0 Å². The summed E-state index contributed by atoms with van der Waals surface area (Å²) in [6, 6.07) is 11.8. The number of esters is 1. The minimum Gasteiger partial charge on any atom is -0.619 e. The van der Waals surface area contributed by atoms with Crippen molar-refractivity contribution in [2.24, 2.45) is 5.92 Å². The number of benzene rings is 2. The number of nitrogens with zero attached hydrogens (tertiary/aromatic N) is 1. The molecule has 12 heteroatoms. The number of fused-ring (bicyclic) bond motifs is 1. The van der Waals surface area contributed by atoms with Gasteiger partial charge in [-0.1, -0.05) is 41.4 Å². The van der Waals surface area contributed by atoms with Gasteiger partial charge in [0.1, 0.15) is 16.1 Å². The van der Waals surface area contributed by atoms with Gasteiger partial charge in [-0.2, -0.15) is 13.5 Å². The summed E-state index contributed by atoms with van der Waals surface area (Å²) in [6.45, 7) is -1.39. The van der Waals surface area contributed by atoms with Gasteiger partial charge in [0, 0.05) is 18.9 Å². The van der Waals surface area contributed by atoms with Crippen LogP contribution in [0.5, 0.6) is 11.5 Å². The Labute approximate surface area is 233 Å². The quantitative estimate of drug-likeness (QED) is 0.186. The second kappa shape index (κ2) is 12.5. The lowest BCUT2D eigenvalue weighted by Crippen LogP contribution is -2.25. The lowest BCUT2D eigenvalue weighted by Gasteiger charge is -2.20. The molecule has 1 aliphatic carbocycles. The number of aromatic nitrogens is 1. The zero-order valence-electron chi connectivity index (χ0n) is 20.7. The van der Waals surface area contributed by atoms with Crippen LogP contribution in [-0.4, -0.2) is 25.1 Å². The number of para-hydroxylation sites is 1. The maximum atomic E-state index is 12.7. The number of amides is 1. The summed E-state index contributed by atoms with van der Waals surface area (Å²) in [6.07, 6.45) is 3.53. The van der Waals surface area contributed by atoms with E-state index in [1.165, 1.54) is 25.1 Å². The molecule has 1 N–H and O–H groups in total. The zero-order chi connectivity index (χ0) is 28.1. The molecule has 0 radical (unpaired) electrons. The van der Waals surface area contributed by atoms with Crippen molar-refractivity contribution in [3.8, 4) is 11.5 Å². The number of hydrogen-bond donors (Lipinski definition) is 1. The third-order valence-corrected chi connectivity index (χ3v) is 6.55. The van der Waals surface area contributed by atoms with Gasteiger partial charge in [-0.25, -0.2) is 0 Å². The SMILES string of the molecule is CC(=O)OC(Cc1c(Cl)c[n+]([O-])cc1Cl)c1ccc(OC(F)F)c(OCC2CC2)c1.O=C1Nc2ccccc21. The first kappa shape index (κ1) is 28.4. The van der Waals surface area contributed by atoms with E-state index in [0.29, 0.717) is 28.4 Å². The smallest absolute Gasteiger partial charge is 0.387 e. The van der Waals surface area contributed by atoms with Crippen LogP contribution in [0.2, 0.25) is 10.0 Å². The van der Waals surface area contributed by atoms with Gasteiger partial charge in [0.05, 0.1) is 17.9 Å². The molecule has 1 aromatic heterocycles. The first-order valence-corrected chi connectivity index (χ1v) is 12.7. The molecule has 1 amide bonds. The summed E-state index contributed by atoms with van der Waals surface area (Å²) >= 11 is 12.3. The second-order valence-electron chi connectivity index (χ2n) is 8.93. The third-order valence-electron chi connectivity index (χ3n) is 5.90. The van der Waals surface area contributed by atoms with E-state index in [2.05, 4.69) is 10.1 Å². The number of nitrogens with one attached hydrogen (secondary N) is 1. The van der Waals surface area contributed by atoms with Crippen LogP contribution in [0.25, 0.3) is 0 Å². The zero-order valence-corrected chi connectivity index (χ0v) is 22.2. The largest absolute Gasteiger partial charge is 0.619 e. The van der Waals surface area contributed by atoms with E-state index in [9.17, 15) is 23.6 Å². The van der Waals surface area contributed by atoms with Crippen LogP contribution in [0.3, 0.4) is 0 Å². The summed E-state index contributed by atoms with van der Waals surface area (Å²) < 4.78 is 41.6. The standard InChI is InChI=1S/C20H19Cl2F2NO5.C7H5NO/c1-11(26)29-18(7-14-15(21)8-25(27)9-16(14)22)13-4-5-17(30-20(23)24)19(6-13)28-10-12-2-3-12;9-7-5-3-1-2-4-6(5)8-7/h4-6,8-9,12,18,20H,2-3,7,10H2,1H3;1-4H,(H,8,9).